The van der Waals surface area contributed by atoms with Crippen LogP contribution in [0.3, 0.4) is 0 Å². The number of hydrogen-bond acceptors (Lipinski definition) is 5. The highest BCUT2D eigenvalue weighted by Crippen LogP contribution is 2.32. The summed E-state index contributed by atoms with van der Waals surface area (Å²) in [7, 11) is 0. The average molecular weight is 313 g/mol. The van der Waals surface area contributed by atoms with Gasteiger partial charge in [-0.25, -0.2) is 9.97 Å². The van der Waals surface area contributed by atoms with Gasteiger partial charge in [-0.3, -0.25) is 0 Å². The molecule has 0 aliphatic carbocycles. The van der Waals surface area contributed by atoms with E-state index in [1.807, 2.05) is 0 Å². The van der Waals surface area contributed by atoms with Crippen LogP contribution in [0.1, 0.15) is 23.3 Å². The smallest absolute Gasteiger partial charge is 0.433 e. The van der Waals surface area contributed by atoms with Gasteiger partial charge in [0.05, 0.1) is 13.2 Å². The lowest BCUT2D eigenvalue weighted by Gasteiger charge is -2.34. The van der Waals surface area contributed by atoms with Crippen molar-refractivity contribution in [1.82, 2.24) is 9.97 Å². The van der Waals surface area contributed by atoms with Gasteiger partial charge in [-0.05, 0) is 25.1 Å². The number of anilines is 1. The zero-order chi connectivity index (χ0) is 15.7. The average Bonchev–Trinajstić information content (AvgIpc) is 2.93. The number of alkyl halides is 3. The second-order valence-corrected chi connectivity index (χ2v) is 4.97. The molecular weight excluding hydrogens is 299 g/mol. The number of rotatable bonds is 2. The Balaban J connectivity index is 1.94. The highest BCUT2D eigenvalue weighted by molar-refractivity contribution is 5.36. The molecule has 1 saturated heterocycles. The Hall–Kier alpha value is -2.09. The third-order valence-corrected chi connectivity index (χ3v) is 3.41. The van der Waals surface area contributed by atoms with Gasteiger partial charge in [0.15, 0.2) is 0 Å². The van der Waals surface area contributed by atoms with Gasteiger partial charge < -0.3 is 14.1 Å². The van der Waals surface area contributed by atoms with E-state index in [-0.39, 0.29) is 12.0 Å². The molecule has 0 saturated carbocycles. The van der Waals surface area contributed by atoms with Gasteiger partial charge in [-0.15, -0.1) is 0 Å². The van der Waals surface area contributed by atoms with Crippen LogP contribution in [0.4, 0.5) is 19.1 Å². The Kier molecular flexibility index (Phi) is 3.78. The van der Waals surface area contributed by atoms with Crippen LogP contribution in [-0.2, 0) is 10.9 Å². The summed E-state index contributed by atoms with van der Waals surface area (Å²) in [5.41, 5.74) is -0.960. The molecule has 1 unspecified atom stereocenters. The molecular formula is C14H14F3N3O2. The van der Waals surface area contributed by atoms with E-state index in [1.165, 1.54) is 0 Å². The molecule has 1 atom stereocenters. The molecule has 1 aliphatic heterocycles. The Morgan fingerprint density at radius 2 is 2.09 bits per heavy atom. The van der Waals surface area contributed by atoms with Crippen molar-refractivity contribution in [3.8, 4) is 0 Å². The SMILES string of the molecule is Cc1ccc(C2COCCN2c2nccc(C(F)(F)F)n2)o1. The first-order chi connectivity index (χ1) is 10.4. The first-order valence-electron chi connectivity index (χ1n) is 6.76. The molecule has 5 nitrogen and oxygen atoms in total. The van der Waals surface area contributed by atoms with E-state index in [1.54, 1.807) is 24.0 Å². The monoisotopic (exact) mass is 313 g/mol. The van der Waals surface area contributed by atoms with Crippen molar-refractivity contribution >= 4 is 5.95 Å². The summed E-state index contributed by atoms with van der Waals surface area (Å²) in [5.74, 6) is 1.38. The highest BCUT2D eigenvalue weighted by atomic mass is 19.4. The quantitative estimate of drug-likeness (QED) is 0.853. The number of furan rings is 1. The van der Waals surface area contributed by atoms with Gasteiger partial charge in [0.25, 0.3) is 0 Å². The molecule has 2 aromatic rings. The van der Waals surface area contributed by atoms with Crippen LogP contribution in [0.2, 0.25) is 0 Å². The van der Waals surface area contributed by atoms with Crippen LogP contribution in [0.25, 0.3) is 0 Å². The second kappa shape index (κ2) is 5.60. The van der Waals surface area contributed by atoms with E-state index >= 15 is 0 Å². The van der Waals surface area contributed by atoms with Gasteiger partial charge in [0.1, 0.15) is 23.3 Å². The molecule has 0 radical (unpaired) electrons. The van der Waals surface area contributed by atoms with Crippen LogP contribution in [0.5, 0.6) is 0 Å². The Bertz CT molecular complexity index is 657. The summed E-state index contributed by atoms with van der Waals surface area (Å²) in [6.45, 7) is 2.91. The molecule has 8 heteroatoms. The zero-order valence-corrected chi connectivity index (χ0v) is 11.8. The molecule has 0 spiro atoms. The van der Waals surface area contributed by atoms with Gasteiger partial charge >= 0.3 is 6.18 Å². The molecule has 2 aromatic heterocycles. The molecule has 0 N–H and O–H groups in total. The van der Waals surface area contributed by atoms with Crippen molar-refractivity contribution in [2.45, 2.75) is 19.1 Å². The number of morpholine rings is 1. The van der Waals surface area contributed by atoms with Crippen LogP contribution >= 0.6 is 0 Å². The van der Waals surface area contributed by atoms with Gasteiger partial charge in [-0.2, -0.15) is 13.2 Å². The van der Waals surface area contributed by atoms with E-state index in [2.05, 4.69) is 9.97 Å². The van der Waals surface area contributed by atoms with Crippen LogP contribution in [-0.4, -0.2) is 29.7 Å². The van der Waals surface area contributed by atoms with Crippen LogP contribution < -0.4 is 4.90 Å². The predicted molar refractivity (Wildman–Crippen MR) is 71.4 cm³/mol. The normalized spacial score (nSPS) is 19.5. The highest BCUT2D eigenvalue weighted by Gasteiger charge is 2.35. The minimum atomic E-state index is -4.50. The summed E-state index contributed by atoms with van der Waals surface area (Å²) in [6, 6.07) is 4.10. The predicted octanol–water partition coefficient (Wildman–Crippen LogP) is 2.97. The maximum atomic E-state index is 12.8. The number of ether oxygens (including phenoxy) is 1. The molecule has 3 rings (SSSR count). The van der Waals surface area contributed by atoms with E-state index in [0.717, 1.165) is 18.0 Å². The van der Waals surface area contributed by atoms with E-state index in [0.29, 0.717) is 25.5 Å². The first-order valence-corrected chi connectivity index (χ1v) is 6.76. The maximum Gasteiger partial charge on any atom is 0.433 e. The zero-order valence-electron chi connectivity index (χ0n) is 11.8. The molecule has 1 fully saturated rings. The Labute approximate surface area is 124 Å². The summed E-state index contributed by atoms with van der Waals surface area (Å²) in [4.78, 5) is 9.30. The van der Waals surface area contributed by atoms with E-state index in [9.17, 15) is 13.2 Å². The van der Waals surface area contributed by atoms with Crippen molar-refractivity contribution in [3.05, 3.63) is 41.6 Å². The standard InChI is InChI=1S/C14H14F3N3O2/c1-9-2-3-11(22-9)10-8-21-7-6-20(10)13-18-5-4-12(19-13)14(15,16)17/h2-5,10H,6-8H2,1H3. The lowest BCUT2D eigenvalue weighted by Crippen LogP contribution is -2.40. The minimum Gasteiger partial charge on any atom is -0.464 e. The number of nitrogens with zero attached hydrogens (tertiary/aromatic N) is 3. The summed E-state index contributed by atoms with van der Waals surface area (Å²) < 4.78 is 49.4. The molecule has 0 amide bonds. The maximum absolute atomic E-state index is 12.8. The Morgan fingerprint density at radius 3 is 2.77 bits per heavy atom. The molecule has 22 heavy (non-hydrogen) atoms. The van der Waals surface area contributed by atoms with Crippen molar-refractivity contribution in [2.75, 3.05) is 24.7 Å². The molecule has 118 valence electrons. The summed E-state index contributed by atoms with van der Waals surface area (Å²) >= 11 is 0. The number of hydrogen-bond donors (Lipinski definition) is 0. The van der Waals surface area contributed by atoms with Crippen molar-refractivity contribution in [2.24, 2.45) is 0 Å². The third kappa shape index (κ3) is 2.92. The lowest BCUT2D eigenvalue weighted by molar-refractivity contribution is -0.141. The van der Waals surface area contributed by atoms with Gasteiger partial charge in [0.2, 0.25) is 5.95 Å². The van der Waals surface area contributed by atoms with Gasteiger partial charge in [0, 0.05) is 12.7 Å². The number of aryl methyl sites for hydroxylation is 1. The van der Waals surface area contributed by atoms with E-state index < -0.39 is 11.9 Å². The Morgan fingerprint density at radius 1 is 1.27 bits per heavy atom. The van der Waals surface area contributed by atoms with E-state index in [4.69, 9.17) is 9.15 Å². The van der Waals surface area contributed by atoms with Crippen LogP contribution in [0, 0.1) is 6.92 Å². The lowest BCUT2D eigenvalue weighted by atomic mass is 10.2. The van der Waals surface area contributed by atoms with Crippen molar-refractivity contribution in [3.63, 3.8) is 0 Å². The molecule has 0 aromatic carbocycles. The fraction of sp³-hybridized carbons (Fsp3) is 0.429. The fourth-order valence-corrected chi connectivity index (χ4v) is 2.36. The van der Waals surface area contributed by atoms with Crippen molar-refractivity contribution in [1.29, 1.82) is 0 Å². The number of halogens is 3. The fourth-order valence-electron chi connectivity index (χ4n) is 2.36. The number of aromatic nitrogens is 2. The summed E-state index contributed by atoms with van der Waals surface area (Å²) in [5, 5.41) is 0. The molecule has 3 heterocycles. The largest absolute Gasteiger partial charge is 0.464 e. The third-order valence-electron chi connectivity index (χ3n) is 3.41. The van der Waals surface area contributed by atoms with Crippen molar-refractivity contribution < 1.29 is 22.3 Å². The minimum absolute atomic E-state index is 0.0252. The molecule has 0 bridgehead atoms. The first kappa shape index (κ1) is 14.8. The van der Waals surface area contributed by atoms with Gasteiger partial charge in [-0.1, -0.05) is 0 Å². The molecule has 1 aliphatic rings. The second-order valence-electron chi connectivity index (χ2n) is 4.97. The summed E-state index contributed by atoms with van der Waals surface area (Å²) in [6.07, 6.45) is -3.38. The topological polar surface area (TPSA) is 51.4 Å². The van der Waals surface area contributed by atoms with Crippen LogP contribution in [0.15, 0.2) is 28.8 Å².